The van der Waals surface area contributed by atoms with Crippen molar-refractivity contribution in [3.05, 3.63) is 29.2 Å². The van der Waals surface area contributed by atoms with Gasteiger partial charge < -0.3 is 0 Å². The zero-order valence-electron chi connectivity index (χ0n) is 6.94. The molecule has 2 heterocycles. The minimum absolute atomic E-state index is 0.611. The first-order valence-electron chi connectivity index (χ1n) is 3.49. The van der Waals surface area contributed by atoms with Gasteiger partial charge in [-0.2, -0.15) is 11.3 Å². The quantitative estimate of drug-likeness (QED) is 0.487. The highest BCUT2D eigenvalue weighted by atomic mass is 32.1. The summed E-state index contributed by atoms with van der Waals surface area (Å²) < 4.78 is 0. The van der Waals surface area contributed by atoms with Crippen LogP contribution in [0.5, 0.6) is 0 Å². The zero-order valence-corrected chi connectivity index (χ0v) is 7.76. The van der Waals surface area contributed by atoms with Gasteiger partial charge in [0.25, 0.3) is 0 Å². The molecule has 2 rings (SSSR count). The monoisotopic (exact) mass is 213 g/mol. The van der Waals surface area contributed by atoms with E-state index < -0.39 is 6.03 Å². The summed E-state index contributed by atoms with van der Waals surface area (Å²) in [5.74, 6) is 0. The topological polar surface area (TPSA) is 92.9 Å². The van der Waals surface area contributed by atoms with E-state index in [1.165, 1.54) is 5.48 Å². The molecule has 0 aliphatic heterocycles. The van der Waals surface area contributed by atoms with Crippen LogP contribution >= 0.6 is 11.3 Å². The molecule has 0 aromatic carbocycles. The molecular weight excluding hydrogens is 206 g/mol. The van der Waals surface area contributed by atoms with Gasteiger partial charge in [0.2, 0.25) is 0 Å². The minimum atomic E-state index is -0.840. The van der Waals surface area contributed by atoms with Crippen LogP contribution in [0.3, 0.4) is 0 Å². The zero-order chi connectivity index (χ0) is 10.2. The maximum absolute atomic E-state index is 10.3. The van der Waals surface area contributed by atoms with Gasteiger partial charge in [0.15, 0.2) is 6.33 Å². The Kier molecular flexibility index (Phi) is 4.24. The molecule has 1 amide bonds. The Balaban J connectivity index is 0.000000165. The lowest BCUT2D eigenvalue weighted by atomic mass is 10.7. The fourth-order valence-electron chi connectivity index (χ4n) is 0.532. The number of carbonyl (C=O) groups is 1. The maximum atomic E-state index is 10.3. The number of thiophene rings is 1. The van der Waals surface area contributed by atoms with Crippen molar-refractivity contribution in [2.45, 2.75) is 0 Å². The molecular formula is C6H7N5O2S. The highest BCUT2D eigenvalue weighted by Gasteiger charge is 2.01. The average Bonchev–Trinajstić information content (AvgIpc) is 2.91. The van der Waals surface area contributed by atoms with Crippen LogP contribution in [0.1, 0.15) is 0 Å². The molecule has 8 heteroatoms. The van der Waals surface area contributed by atoms with Gasteiger partial charge in [-0.15, -0.1) is 10.2 Å². The number of rotatable bonds is 0. The second-order valence-corrected chi connectivity index (χ2v) is 2.75. The van der Waals surface area contributed by atoms with Crippen molar-refractivity contribution in [2.75, 3.05) is 0 Å². The van der Waals surface area contributed by atoms with Gasteiger partial charge in [0.1, 0.15) is 0 Å². The van der Waals surface area contributed by atoms with Gasteiger partial charge >= 0.3 is 6.03 Å². The van der Waals surface area contributed by atoms with Crippen LogP contribution in [0.25, 0.3) is 0 Å². The molecule has 0 fully saturated rings. The number of hydroxylamine groups is 1. The van der Waals surface area contributed by atoms with Crippen LogP contribution in [-0.4, -0.2) is 31.4 Å². The van der Waals surface area contributed by atoms with E-state index in [1.807, 2.05) is 22.9 Å². The van der Waals surface area contributed by atoms with E-state index in [9.17, 15) is 4.79 Å². The van der Waals surface area contributed by atoms with Gasteiger partial charge in [0, 0.05) is 0 Å². The first-order valence-corrected chi connectivity index (χ1v) is 4.43. The Labute approximate surface area is 82.9 Å². The van der Waals surface area contributed by atoms with Crippen LogP contribution < -0.4 is 5.48 Å². The van der Waals surface area contributed by atoms with Crippen LogP contribution in [0, 0.1) is 0 Å². The summed E-state index contributed by atoms with van der Waals surface area (Å²) >= 11 is 1.71. The predicted octanol–water partition coefficient (Wildman–Crippen LogP) is 0.368. The van der Waals surface area contributed by atoms with Crippen molar-refractivity contribution in [3.8, 4) is 0 Å². The van der Waals surface area contributed by atoms with E-state index in [1.54, 1.807) is 11.3 Å². The Morgan fingerprint density at radius 2 is 2.14 bits per heavy atom. The number of tetrazole rings is 1. The van der Waals surface area contributed by atoms with E-state index in [4.69, 9.17) is 5.21 Å². The van der Waals surface area contributed by atoms with Crippen molar-refractivity contribution in [1.29, 1.82) is 0 Å². The number of nitrogens with one attached hydrogen (secondary N) is 1. The number of hydrogen-bond acceptors (Lipinski definition) is 6. The van der Waals surface area contributed by atoms with Crippen molar-refractivity contribution in [1.82, 2.24) is 25.7 Å². The third-order valence-electron chi connectivity index (χ3n) is 1.05. The predicted molar refractivity (Wildman–Crippen MR) is 47.9 cm³/mol. The summed E-state index contributed by atoms with van der Waals surface area (Å²) in [5, 5.41) is 21.8. The second kappa shape index (κ2) is 5.78. The summed E-state index contributed by atoms with van der Waals surface area (Å²) in [6, 6.07) is 3.20. The van der Waals surface area contributed by atoms with E-state index in [-0.39, 0.29) is 0 Å². The minimum Gasteiger partial charge on any atom is -0.287 e. The summed E-state index contributed by atoms with van der Waals surface area (Å²) in [5.41, 5.74) is 1.33. The maximum Gasteiger partial charge on any atom is 0.384 e. The smallest absolute Gasteiger partial charge is 0.287 e. The highest BCUT2D eigenvalue weighted by molar-refractivity contribution is 7.07. The number of aromatic nitrogens is 4. The standard InChI is InChI=1S/C4H4S.C2H3N5O2/c1-2-4-5-3-1;8-2(5-9)7-4-1-3-6-7/h1-4H;1,9H,(H,5,8). The van der Waals surface area contributed by atoms with E-state index in [0.717, 1.165) is 6.33 Å². The third-order valence-corrected chi connectivity index (χ3v) is 1.68. The van der Waals surface area contributed by atoms with Crippen LogP contribution in [0.4, 0.5) is 4.79 Å². The van der Waals surface area contributed by atoms with Gasteiger partial charge in [-0.1, -0.05) is 16.9 Å². The van der Waals surface area contributed by atoms with E-state index >= 15 is 0 Å². The largest absolute Gasteiger partial charge is 0.384 e. The average molecular weight is 213 g/mol. The molecule has 0 bridgehead atoms. The lowest BCUT2D eigenvalue weighted by molar-refractivity contribution is 0.157. The summed E-state index contributed by atoms with van der Waals surface area (Å²) in [6.07, 6.45) is 1.08. The molecule has 14 heavy (non-hydrogen) atoms. The van der Waals surface area contributed by atoms with Crippen molar-refractivity contribution >= 4 is 17.4 Å². The highest BCUT2D eigenvalue weighted by Crippen LogP contribution is 1.91. The Bertz CT molecular complexity index is 329. The molecule has 0 saturated heterocycles. The van der Waals surface area contributed by atoms with E-state index in [0.29, 0.717) is 4.80 Å². The molecule has 0 unspecified atom stereocenters. The van der Waals surface area contributed by atoms with E-state index in [2.05, 4.69) is 15.4 Å². The SMILES string of the molecule is O=C(NO)n1ncnn1.c1ccsc1. The van der Waals surface area contributed by atoms with Gasteiger partial charge in [-0.05, 0) is 16.0 Å². The molecule has 74 valence electrons. The fraction of sp³-hybridized carbons (Fsp3) is 0. The van der Waals surface area contributed by atoms with Gasteiger partial charge in [0.05, 0.1) is 0 Å². The second-order valence-electron chi connectivity index (χ2n) is 1.94. The summed E-state index contributed by atoms with van der Waals surface area (Å²) in [6.45, 7) is 0. The first kappa shape index (κ1) is 10.3. The Hall–Kier alpha value is -1.80. The Morgan fingerprint density at radius 1 is 1.43 bits per heavy atom. The van der Waals surface area contributed by atoms with Crippen molar-refractivity contribution < 1.29 is 10.0 Å². The molecule has 0 spiro atoms. The number of nitrogens with zero attached hydrogens (tertiary/aromatic N) is 4. The fourth-order valence-corrected chi connectivity index (χ4v) is 0.985. The third kappa shape index (κ3) is 3.29. The molecule has 2 aromatic heterocycles. The van der Waals surface area contributed by atoms with Crippen molar-refractivity contribution in [3.63, 3.8) is 0 Å². The molecule has 0 radical (unpaired) electrons. The molecule has 0 atom stereocenters. The number of amides is 1. The molecule has 7 nitrogen and oxygen atoms in total. The molecule has 0 saturated carbocycles. The molecule has 0 aliphatic rings. The van der Waals surface area contributed by atoms with Crippen LogP contribution in [0.15, 0.2) is 29.2 Å². The Morgan fingerprint density at radius 3 is 2.50 bits per heavy atom. The molecule has 2 aromatic rings. The lowest BCUT2D eigenvalue weighted by Gasteiger charge is -1.89. The number of hydrogen-bond donors (Lipinski definition) is 2. The lowest BCUT2D eigenvalue weighted by Crippen LogP contribution is -2.27. The molecule has 0 aliphatic carbocycles. The normalized spacial score (nSPS) is 8.64. The number of carbonyl (C=O) groups excluding carboxylic acids is 1. The molecule has 2 N–H and O–H groups in total. The van der Waals surface area contributed by atoms with Crippen molar-refractivity contribution in [2.24, 2.45) is 0 Å². The van der Waals surface area contributed by atoms with Crippen LogP contribution in [0.2, 0.25) is 0 Å². The summed E-state index contributed by atoms with van der Waals surface area (Å²) in [4.78, 5) is 10.9. The van der Waals surface area contributed by atoms with Crippen LogP contribution in [-0.2, 0) is 0 Å². The van der Waals surface area contributed by atoms with Gasteiger partial charge in [-0.25, -0.2) is 10.3 Å². The van der Waals surface area contributed by atoms with Gasteiger partial charge in [-0.3, -0.25) is 5.21 Å². The summed E-state index contributed by atoms with van der Waals surface area (Å²) in [7, 11) is 0. The first-order chi connectivity index (χ1) is 6.84.